The van der Waals surface area contributed by atoms with Gasteiger partial charge in [0.1, 0.15) is 0 Å². The highest BCUT2D eigenvalue weighted by Gasteiger charge is 2.39. The average molecular weight is 1040 g/mol. The second-order valence-corrected chi connectivity index (χ2v) is 40.6. The van der Waals surface area contributed by atoms with E-state index in [-0.39, 0.29) is 0 Å². The molecule has 4 aromatic carbocycles. The summed E-state index contributed by atoms with van der Waals surface area (Å²) in [6, 6.07) is 55.0. The lowest BCUT2D eigenvalue weighted by Gasteiger charge is -2.43. The van der Waals surface area contributed by atoms with Gasteiger partial charge in [-0.3, -0.25) is 0 Å². The average Bonchev–Trinajstić information content (AvgIpc) is 3.39. The molecule has 6 heteroatoms. The minimum atomic E-state index is -1.66. The fourth-order valence-electron chi connectivity index (χ4n) is 12.0. The van der Waals surface area contributed by atoms with E-state index in [0.717, 1.165) is 0 Å². The first-order chi connectivity index (χ1) is 34.0. The molecule has 1 nitrogen and oxygen atoms in total. The summed E-state index contributed by atoms with van der Waals surface area (Å²) in [4.78, 5) is 0. The first-order valence-corrected chi connectivity index (χ1v) is 40.2. The normalized spacial score (nSPS) is 13.0. The molecular formula is C64H107NP2Si3. The standard InChI is InChI=1S/C64H107NP2Si3/c1-13-22-47-68(48-23-14-2,49-24-15-3)61-41-35-58(36-42-61)66(59-37-43-62(44-38-59)69(50-25-16-4,51-26-17-5)52-27-18-6)65(56(10)11)67(64-34-32-31-33-57(64)12)60-39-45-63(46-40-60)70(53-28-19-7,54-29-20-8)55-30-21-9/h31-46,56H,13-30,47-55H2,1-12H3. The van der Waals surface area contributed by atoms with Gasteiger partial charge in [-0.05, 0) is 47.6 Å². The fraction of sp³-hybridized carbons (Fsp3) is 0.625. The van der Waals surface area contributed by atoms with Crippen LogP contribution in [0.2, 0.25) is 54.4 Å². The van der Waals surface area contributed by atoms with Gasteiger partial charge in [-0.15, -0.1) is 0 Å². The van der Waals surface area contributed by atoms with Crippen molar-refractivity contribution in [1.82, 2.24) is 4.44 Å². The Bertz CT molecular complexity index is 1840. The van der Waals surface area contributed by atoms with Gasteiger partial charge in [0.25, 0.3) is 0 Å². The Kier molecular flexibility index (Phi) is 28.4. The summed E-state index contributed by atoms with van der Waals surface area (Å²) in [5, 5.41) is 11.4. The summed E-state index contributed by atoms with van der Waals surface area (Å²) in [5.41, 5.74) is 1.43. The number of benzene rings is 4. The lowest BCUT2D eigenvalue weighted by Crippen LogP contribution is -2.48. The smallest absolute Gasteiger partial charge is 0.0867 e. The minimum absolute atomic E-state index is 0.349. The van der Waals surface area contributed by atoms with Crippen molar-refractivity contribution in [3.05, 3.63) is 103 Å². The summed E-state index contributed by atoms with van der Waals surface area (Å²) >= 11 is 0. The summed E-state index contributed by atoms with van der Waals surface area (Å²) in [5.74, 6) is 0. The minimum Gasteiger partial charge on any atom is -0.242 e. The van der Waals surface area contributed by atoms with Crippen LogP contribution in [-0.2, 0) is 0 Å². The molecular weight excluding hydrogens is 929 g/mol. The predicted octanol–water partition coefficient (Wildman–Crippen LogP) is 18.3. The van der Waals surface area contributed by atoms with E-state index in [1.807, 2.05) is 0 Å². The molecule has 0 aliphatic heterocycles. The Balaban J connectivity index is 2.05. The first kappa shape index (κ1) is 60.9. The molecule has 0 saturated carbocycles. The molecule has 0 aliphatic carbocycles. The van der Waals surface area contributed by atoms with Gasteiger partial charge in [-0.2, -0.15) is 0 Å². The van der Waals surface area contributed by atoms with Crippen LogP contribution in [0.15, 0.2) is 97.1 Å². The maximum Gasteiger partial charge on any atom is 0.0867 e. The first-order valence-electron chi connectivity index (χ1n) is 29.8. The molecule has 0 heterocycles. The van der Waals surface area contributed by atoms with E-state index in [4.69, 9.17) is 0 Å². The zero-order valence-corrected chi connectivity index (χ0v) is 52.5. The Morgan fingerprint density at radius 3 is 0.814 bits per heavy atom. The van der Waals surface area contributed by atoms with Crippen molar-refractivity contribution in [2.75, 3.05) is 0 Å². The van der Waals surface area contributed by atoms with Crippen LogP contribution in [-0.4, -0.2) is 34.7 Å². The van der Waals surface area contributed by atoms with Crippen LogP contribution in [0.4, 0.5) is 0 Å². The Labute approximate surface area is 440 Å². The Hall–Kier alpha value is -1.65. The second kappa shape index (κ2) is 32.6. The third-order valence-corrected chi connectivity index (χ3v) is 39.1. The molecule has 0 spiro atoms. The zero-order chi connectivity index (χ0) is 50.8. The van der Waals surface area contributed by atoms with Crippen molar-refractivity contribution < 1.29 is 0 Å². The lowest BCUT2D eigenvalue weighted by atomic mass is 10.2. The van der Waals surface area contributed by atoms with E-state index >= 15 is 0 Å². The van der Waals surface area contributed by atoms with Crippen LogP contribution in [0, 0.1) is 6.92 Å². The van der Waals surface area contributed by atoms with Gasteiger partial charge in [0.15, 0.2) is 0 Å². The van der Waals surface area contributed by atoms with Gasteiger partial charge in [0, 0.05) is 22.2 Å². The van der Waals surface area contributed by atoms with Gasteiger partial charge in [0.2, 0.25) is 0 Å². The second-order valence-electron chi connectivity index (χ2n) is 22.2. The molecule has 0 bridgehead atoms. The van der Waals surface area contributed by atoms with Crippen molar-refractivity contribution in [2.24, 2.45) is 0 Å². The number of unbranched alkanes of at least 4 members (excludes halogenated alkanes) is 9. The summed E-state index contributed by atoms with van der Waals surface area (Å²) in [6.45, 7) is 29.1. The molecule has 0 N–H and O–H groups in total. The highest BCUT2D eigenvalue weighted by molar-refractivity contribution is 7.84. The highest BCUT2D eigenvalue weighted by atomic mass is 31.2. The Morgan fingerprint density at radius 2 is 0.586 bits per heavy atom. The molecule has 0 radical (unpaired) electrons. The van der Waals surface area contributed by atoms with E-state index in [1.165, 1.54) is 186 Å². The summed E-state index contributed by atoms with van der Waals surface area (Å²) in [6.07, 6.45) is 24.1. The van der Waals surface area contributed by atoms with E-state index in [0.29, 0.717) is 6.04 Å². The molecule has 4 aromatic rings. The molecule has 70 heavy (non-hydrogen) atoms. The van der Waals surface area contributed by atoms with Gasteiger partial charge >= 0.3 is 0 Å². The van der Waals surface area contributed by atoms with Gasteiger partial charge < -0.3 is 0 Å². The topological polar surface area (TPSA) is 3.24 Å². The number of aryl methyl sites for hydroxylation is 1. The van der Waals surface area contributed by atoms with Crippen LogP contribution in [0.1, 0.15) is 197 Å². The summed E-state index contributed by atoms with van der Waals surface area (Å²) in [7, 11) is -6.69. The number of rotatable bonds is 37. The molecule has 4 rings (SSSR count). The predicted molar refractivity (Wildman–Crippen MR) is 333 cm³/mol. The van der Waals surface area contributed by atoms with Gasteiger partial charge in [0.05, 0.1) is 24.2 Å². The van der Waals surface area contributed by atoms with Gasteiger partial charge in [-0.1, -0.05) is 345 Å². The molecule has 0 aromatic heterocycles. The molecule has 1 atom stereocenters. The van der Waals surface area contributed by atoms with Crippen LogP contribution in [0.5, 0.6) is 0 Å². The van der Waals surface area contributed by atoms with E-state index in [9.17, 15) is 0 Å². The van der Waals surface area contributed by atoms with Crippen LogP contribution in [0.3, 0.4) is 0 Å². The van der Waals surface area contributed by atoms with Gasteiger partial charge in [-0.25, -0.2) is 4.44 Å². The van der Waals surface area contributed by atoms with Crippen LogP contribution >= 0.6 is 16.1 Å². The van der Waals surface area contributed by atoms with E-state index < -0.39 is 40.4 Å². The molecule has 0 fully saturated rings. The van der Waals surface area contributed by atoms with Crippen molar-refractivity contribution in [1.29, 1.82) is 0 Å². The Morgan fingerprint density at radius 1 is 0.343 bits per heavy atom. The van der Waals surface area contributed by atoms with Crippen molar-refractivity contribution in [2.45, 2.75) is 259 Å². The third kappa shape index (κ3) is 16.7. The van der Waals surface area contributed by atoms with E-state index in [1.54, 1.807) is 26.2 Å². The lowest BCUT2D eigenvalue weighted by molar-refractivity contribution is 0.583. The quantitative estimate of drug-likeness (QED) is 0.0321. The molecule has 390 valence electrons. The van der Waals surface area contributed by atoms with E-state index in [2.05, 4.69) is 185 Å². The molecule has 0 amide bonds. The SMILES string of the molecule is CCCC[Si](CCCC)(CCCC)c1ccc(P(c2ccc([Si](CCCC)(CCCC)CCCC)cc2)N(C(C)C)P(c2ccc([Si](CCCC)(CCCC)CCCC)cc2)c2ccccc2C)cc1. The maximum atomic E-state index is 3.08. The van der Waals surface area contributed by atoms with Crippen LogP contribution in [0.25, 0.3) is 0 Å². The van der Waals surface area contributed by atoms with Crippen molar-refractivity contribution in [3.8, 4) is 0 Å². The largest absolute Gasteiger partial charge is 0.242 e. The highest BCUT2D eigenvalue weighted by Crippen LogP contribution is 2.56. The van der Waals surface area contributed by atoms with Crippen molar-refractivity contribution in [3.63, 3.8) is 0 Å². The van der Waals surface area contributed by atoms with Crippen molar-refractivity contribution >= 4 is 77.1 Å². The molecule has 0 aliphatic rings. The monoisotopic (exact) mass is 1040 g/mol. The third-order valence-electron chi connectivity index (χ3n) is 16.5. The molecule has 0 saturated heterocycles. The molecule has 1 unspecified atom stereocenters. The number of nitrogens with zero attached hydrogens (tertiary/aromatic N) is 1. The summed E-state index contributed by atoms with van der Waals surface area (Å²) < 4.78 is 3.08. The number of hydrogen-bond donors (Lipinski definition) is 0. The van der Waals surface area contributed by atoms with Crippen LogP contribution < -0.4 is 36.8 Å². The zero-order valence-electron chi connectivity index (χ0n) is 47.7. The number of hydrogen-bond acceptors (Lipinski definition) is 1. The fourth-order valence-corrected chi connectivity index (χ4v) is 35.1. The maximum absolute atomic E-state index is 3.08.